The highest BCUT2D eigenvalue weighted by Crippen LogP contribution is 2.23. The minimum Gasteiger partial charge on any atom is -0.389 e. The number of hydrogen-bond acceptors (Lipinski definition) is 4. The molecule has 1 N–H and O–H groups in total. The fourth-order valence-corrected chi connectivity index (χ4v) is 1.61. The van der Waals surface area contributed by atoms with E-state index in [2.05, 4.69) is 16.8 Å². The Morgan fingerprint density at radius 2 is 2.31 bits per heavy atom. The first-order valence-corrected chi connectivity index (χ1v) is 5.57. The average Bonchev–Trinajstić information content (AvgIpc) is 2.30. The van der Waals surface area contributed by atoms with Gasteiger partial charge in [-0.1, -0.05) is 6.07 Å². The van der Waals surface area contributed by atoms with E-state index in [4.69, 9.17) is 4.74 Å². The summed E-state index contributed by atoms with van der Waals surface area (Å²) in [6.07, 6.45) is 1.25. The third kappa shape index (κ3) is 3.18. The van der Waals surface area contributed by atoms with Gasteiger partial charge < -0.3 is 14.7 Å². The molecular weight excluding hydrogens is 204 g/mol. The third-order valence-corrected chi connectivity index (χ3v) is 2.51. The van der Waals surface area contributed by atoms with Crippen molar-refractivity contribution in [2.45, 2.75) is 20.0 Å². The molecule has 0 aliphatic heterocycles. The van der Waals surface area contributed by atoms with Crippen molar-refractivity contribution in [1.29, 1.82) is 0 Å². The van der Waals surface area contributed by atoms with E-state index in [1.54, 1.807) is 20.2 Å². The number of likely N-dealkylation sites (N-methyl/N-ethyl adjacent to an activating group) is 1. The van der Waals surface area contributed by atoms with Crippen molar-refractivity contribution in [2.24, 2.45) is 0 Å². The summed E-state index contributed by atoms with van der Waals surface area (Å²) in [6, 6.07) is 3.75. The lowest BCUT2D eigenvalue weighted by Crippen LogP contribution is -2.29. The number of rotatable bonds is 6. The minimum atomic E-state index is -0.500. The van der Waals surface area contributed by atoms with Crippen molar-refractivity contribution in [1.82, 2.24) is 4.98 Å². The van der Waals surface area contributed by atoms with Crippen LogP contribution < -0.4 is 4.90 Å². The van der Waals surface area contributed by atoms with E-state index in [0.717, 1.165) is 24.5 Å². The standard InChI is InChI=1S/C12H20N2O2/c1-4-14(8-9-16-3)12-11(10(2)15)6-5-7-13-12/h5-7,10,15H,4,8-9H2,1-3H3/t10-/m0/s1. The molecule has 1 heterocycles. The van der Waals surface area contributed by atoms with Crippen molar-refractivity contribution in [3.63, 3.8) is 0 Å². The van der Waals surface area contributed by atoms with Gasteiger partial charge in [0, 0.05) is 32.0 Å². The van der Waals surface area contributed by atoms with Gasteiger partial charge in [0.1, 0.15) is 5.82 Å². The van der Waals surface area contributed by atoms with Crippen LogP contribution in [0, 0.1) is 0 Å². The maximum Gasteiger partial charge on any atom is 0.134 e. The number of methoxy groups -OCH3 is 1. The monoisotopic (exact) mass is 224 g/mol. The van der Waals surface area contributed by atoms with Gasteiger partial charge in [0.05, 0.1) is 12.7 Å². The molecule has 0 bridgehead atoms. The summed E-state index contributed by atoms with van der Waals surface area (Å²) < 4.78 is 5.06. The van der Waals surface area contributed by atoms with Gasteiger partial charge >= 0.3 is 0 Å². The predicted molar refractivity (Wildman–Crippen MR) is 64.6 cm³/mol. The molecule has 0 aliphatic carbocycles. The summed E-state index contributed by atoms with van der Waals surface area (Å²) in [5, 5.41) is 9.68. The molecule has 1 atom stereocenters. The van der Waals surface area contributed by atoms with Gasteiger partial charge in [0.15, 0.2) is 0 Å². The topological polar surface area (TPSA) is 45.6 Å². The zero-order valence-electron chi connectivity index (χ0n) is 10.2. The second-order valence-corrected chi connectivity index (χ2v) is 3.66. The smallest absolute Gasteiger partial charge is 0.134 e. The summed E-state index contributed by atoms with van der Waals surface area (Å²) in [4.78, 5) is 6.44. The molecule has 0 spiro atoms. The van der Waals surface area contributed by atoms with E-state index < -0.39 is 6.10 Å². The van der Waals surface area contributed by atoms with Gasteiger partial charge in [-0.2, -0.15) is 0 Å². The molecule has 0 saturated carbocycles. The molecule has 0 radical (unpaired) electrons. The first-order chi connectivity index (χ1) is 7.70. The highest BCUT2D eigenvalue weighted by atomic mass is 16.5. The summed E-state index contributed by atoms with van der Waals surface area (Å²) in [5.41, 5.74) is 0.862. The Hall–Kier alpha value is -1.13. The summed E-state index contributed by atoms with van der Waals surface area (Å²) >= 11 is 0. The maximum atomic E-state index is 9.68. The molecule has 1 rings (SSSR count). The lowest BCUT2D eigenvalue weighted by molar-refractivity contribution is 0.197. The van der Waals surface area contributed by atoms with Crippen LogP contribution in [-0.2, 0) is 4.74 Å². The van der Waals surface area contributed by atoms with E-state index >= 15 is 0 Å². The molecule has 90 valence electrons. The SMILES string of the molecule is CCN(CCOC)c1ncccc1[C@H](C)O. The van der Waals surface area contributed by atoms with Crippen LogP contribution in [0.25, 0.3) is 0 Å². The lowest BCUT2D eigenvalue weighted by atomic mass is 10.1. The number of aliphatic hydroxyl groups is 1. The van der Waals surface area contributed by atoms with Crippen LogP contribution in [0.2, 0.25) is 0 Å². The van der Waals surface area contributed by atoms with Crippen molar-refractivity contribution >= 4 is 5.82 Å². The zero-order chi connectivity index (χ0) is 12.0. The number of hydrogen-bond donors (Lipinski definition) is 1. The van der Waals surface area contributed by atoms with Gasteiger partial charge in [-0.15, -0.1) is 0 Å². The Morgan fingerprint density at radius 3 is 2.88 bits per heavy atom. The number of pyridine rings is 1. The third-order valence-electron chi connectivity index (χ3n) is 2.51. The number of aromatic nitrogens is 1. The number of anilines is 1. The first kappa shape index (κ1) is 12.9. The number of ether oxygens (including phenoxy) is 1. The normalized spacial score (nSPS) is 12.5. The van der Waals surface area contributed by atoms with Crippen molar-refractivity contribution in [2.75, 3.05) is 31.7 Å². The predicted octanol–water partition coefficient (Wildman–Crippen LogP) is 1.61. The van der Waals surface area contributed by atoms with Crippen LogP contribution in [0.4, 0.5) is 5.82 Å². The Kier molecular flexibility index (Phi) is 5.22. The highest BCUT2D eigenvalue weighted by Gasteiger charge is 2.13. The Labute approximate surface area is 96.9 Å². The molecule has 1 aromatic heterocycles. The highest BCUT2D eigenvalue weighted by molar-refractivity contribution is 5.47. The maximum absolute atomic E-state index is 9.68. The van der Waals surface area contributed by atoms with E-state index in [-0.39, 0.29) is 0 Å². The minimum absolute atomic E-state index is 0.500. The van der Waals surface area contributed by atoms with Gasteiger partial charge in [0.2, 0.25) is 0 Å². The van der Waals surface area contributed by atoms with Crippen LogP contribution in [0.3, 0.4) is 0 Å². The summed E-state index contributed by atoms with van der Waals surface area (Å²) in [6.45, 7) is 6.11. The molecule has 16 heavy (non-hydrogen) atoms. The Morgan fingerprint density at radius 1 is 1.56 bits per heavy atom. The van der Waals surface area contributed by atoms with Crippen molar-refractivity contribution in [3.05, 3.63) is 23.9 Å². The second-order valence-electron chi connectivity index (χ2n) is 3.66. The molecule has 0 saturated heterocycles. The number of nitrogens with zero attached hydrogens (tertiary/aromatic N) is 2. The largest absolute Gasteiger partial charge is 0.389 e. The molecular formula is C12H20N2O2. The van der Waals surface area contributed by atoms with E-state index in [1.165, 1.54) is 0 Å². The zero-order valence-corrected chi connectivity index (χ0v) is 10.2. The number of aliphatic hydroxyl groups excluding tert-OH is 1. The quantitative estimate of drug-likeness (QED) is 0.797. The lowest BCUT2D eigenvalue weighted by Gasteiger charge is -2.24. The molecule has 4 nitrogen and oxygen atoms in total. The van der Waals surface area contributed by atoms with Gasteiger partial charge in [0.25, 0.3) is 0 Å². The molecule has 0 aromatic carbocycles. The van der Waals surface area contributed by atoms with E-state index in [1.807, 2.05) is 12.1 Å². The van der Waals surface area contributed by atoms with Crippen molar-refractivity contribution < 1.29 is 9.84 Å². The van der Waals surface area contributed by atoms with E-state index in [9.17, 15) is 5.11 Å². The molecule has 0 aliphatic rings. The van der Waals surface area contributed by atoms with Crippen LogP contribution in [0.5, 0.6) is 0 Å². The Bertz CT molecular complexity index is 316. The molecule has 0 unspecified atom stereocenters. The van der Waals surface area contributed by atoms with E-state index in [0.29, 0.717) is 6.61 Å². The average molecular weight is 224 g/mol. The molecule has 0 amide bonds. The van der Waals surface area contributed by atoms with Gasteiger partial charge in [-0.25, -0.2) is 4.98 Å². The fraction of sp³-hybridized carbons (Fsp3) is 0.583. The van der Waals surface area contributed by atoms with Crippen LogP contribution in [0.1, 0.15) is 25.5 Å². The second kappa shape index (κ2) is 6.45. The van der Waals surface area contributed by atoms with Gasteiger partial charge in [-0.3, -0.25) is 0 Å². The first-order valence-electron chi connectivity index (χ1n) is 5.57. The molecule has 1 aromatic rings. The van der Waals surface area contributed by atoms with Crippen LogP contribution in [0.15, 0.2) is 18.3 Å². The van der Waals surface area contributed by atoms with Gasteiger partial charge in [-0.05, 0) is 19.9 Å². The molecule has 0 fully saturated rings. The van der Waals surface area contributed by atoms with Crippen LogP contribution >= 0.6 is 0 Å². The molecule has 4 heteroatoms. The van der Waals surface area contributed by atoms with Crippen molar-refractivity contribution in [3.8, 4) is 0 Å². The fourth-order valence-electron chi connectivity index (χ4n) is 1.61. The summed E-state index contributed by atoms with van der Waals surface area (Å²) in [7, 11) is 1.68. The van der Waals surface area contributed by atoms with Crippen LogP contribution in [-0.4, -0.2) is 36.9 Å². The summed E-state index contributed by atoms with van der Waals surface area (Å²) in [5.74, 6) is 0.844. The Balaban J connectivity index is 2.90.